The number of rotatable bonds is 12. The molecule has 0 aliphatic rings. The van der Waals surface area contributed by atoms with E-state index in [0.717, 1.165) is 29.0 Å². The second kappa shape index (κ2) is 10.8. The summed E-state index contributed by atoms with van der Waals surface area (Å²) in [6, 6.07) is 10.4. The minimum absolute atomic E-state index is 0.159. The minimum Gasteiger partial charge on any atom is -0.323 e. The molecule has 0 saturated heterocycles. The summed E-state index contributed by atoms with van der Waals surface area (Å²) >= 11 is 1.46. The van der Waals surface area contributed by atoms with Gasteiger partial charge in [0.2, 0.25) is 0 Å². The molecule has 4 N–H and O–H groups in total. The lowest BCUT2D eigenvalue weighted by Gasteiger charge is -2.24. The lowest BCUT2D eigenvalue weighted by Crippen LogP contribution is -2.41. The highest BCUT2D eigenvalue weighted by Crippen LogP contribution is 2.37. The van der Waals surface area contributed by atoms with Gasteiger partial charge in [-0.15, -0.1) is 11.3 Å². The fourth-order valence-electron chi connectivity index (χ4n) is 3.33. The van der Waals surface area contributed by atoms with Crippen LogP contribution < -0.4 is 5.73 Å². The first-order chi connectivity index (χ1) is 13.9. The normalized spacial score (nSPS) is 13.9. The molecule has 0 saturated carbocycles. The van der Waals surface area contributed by atoms with Gasteiger partial charge < -0.3 is 15.5 Å². The number of thiophene rings is 1. The van der Waals surface area contributed by atoms with Gasteiger partial charge in [0.25, 0.3) is 0 Å². The summed E-state index contributed by atoms with van der Waals surface area (Å²) in [6.45, 7) is 5.67. The number of Topliss-reactive ketones (excluding diaryl/α,β-unsaturated/α-hetero) is 1. The van der Waals surface area contributed by atoms with E-state index in [1.165, 1.54) is 28.0 Å². The molecule has 8 heteroatoms. The molecule has 2 rings (SSSR count). The van der Waals surface area contributed by atoms with E-state index in [2.05, 4.69) is 36.6 Å². The zero-order valence-electron chi connectivity index (χ0n) is 17.9. The van der Waals surface area contributed by atoms with Crippen LogP contribution in [0.3, 0.4) is 0 Å². The van der Waals surface area contributed by atoms with Gasteiger partial charge in [0.15, 0.2) is 5.78 Å². The number of phosphoric ester groups is 1. The average molecular weight is 454 g/mol. The van der Waals surface area contributed by atoms with Crippen LogP contribution in [0.4, 0.5) is 0 Å². The molecule has 166 valence electrons. The molecule has 1 unspecified atom stereocenters. The number of hydrogen-bond acceptors (Lipinski definition) is 5. The fraction of sp³-hybridized carbons (Fsp3) is 0.500. The van der Waals surface area contributed by atoms with Crippen molar-refractivity contribution in [1.29, 1.82) is 0 Å². The van der Waals surface area contributed by atoms with Gasteiger partial charge in [-0.3, -0.25) is 9.32 Å². The first kappa shape index (κ1) is 24.9. The number of benzene rings is 1. The number of hydrogen-bond donors (Lipinski definition) is 3. The van der Waals surface area contributed by atoms with Crippen LogP contribution in [0.2, 0.25) is 0 Å². The van der Waals surface area contributed by atoms with E-state index in [-0.39, 0.29) is 12.4 Å². The number of unbranched alkanes of at least 4 members (excludes halogenated alkanes) is 1. The Labute approximate surface area is 182 Å². The van der Waals surface area contributed by atoms with Crippen molar-refractivity contribution >= 4 is 24.9 Å². The molecule has 0 radical (unpaired) electrons. The molecule has 6 nitrogen and oxygen atoms in total. The average Bonchev–Trinajstić information content (AvgIpc) is 3.10. The number of carbonyl (C=O) groups excluding carboxylic acids is 1. The molecule has 1 aromatic carbocycles. The van der Waals surface area contributed by atoms with Crippen LogP contribution in [-0.4, -0.2) is 27.7 Å². The Morgan fingerprint density at radius 2 is 1.80 bits per heavy atom. The second-order valence-electron chi connectivity index (χ2n) is 8.31. The first-order valence-corrected chi connectivity index (χ1v) is 12.5. The number of phosphoric acid groups is 1. The predicted octanol–water partition coefficient (Wildman–Crippen LogP) is 4.72. The van der Waals surface area contributed by atoms with E-state index in [1.54, 1.807) is 6.92 Å². The Kier molecular flexibility index (Phi) is 8.98. The van der Waals surface area contributed by atoms with Gasteiger partial charge >= 0.3 is 7.82 Å². The Balaban J connectivity index is 1.75. The molecule has 30 heavy (non-hydrogen) atoms. The zero-order chi connectivity index (χ0) is 22.4. The van der Waals surface area contributed by atoms with Crippen molar-refractivity contribution in [3.8, 4) is 0 Å². The number of nitrogens with two attached hydrogens (primary N) is 1. The smallest absolute Gasteiger partial charge is 0.323 e. The summed E-state index contributed by atoms with van der Waals surface area (Å²) in [4.78, 5) is 31.9. The summed E-state index contributed by atoms with van der Waals surface area (Å²) in [7, 11) is -4.53. The van der Waals surface area contributed by atoms with E-state index in [4.69, 9.17) is 15.5 Å². The van der Waals surface area contributed by atoms with Crippen molar-refractivity contribution in [2.75, 3.05) is 6.61 Å². The summed E-state index contributed by atoms with van der Waals surface area (Å²) in [5, 5.41) is 0. The van der Waals surface area contributed by atoms with Gasteiger partial charge in [-0.25, -0.2) is 4.57 Å². The predicted molar refractivity (Wildman–Crippen MR) is 121 cm³/mol. The monoisotopic (exact) mass is 453 g/mol. The maximum Gasteiger partial charge on any atom is 0.469 e. The largest absolute Gasteiger partial charge is 0.469 e. The van der Waals surface area contributed by atoms with Crippen molar-refractivity contribution < 1.29 is 23.7 Å². The van der Waals surface area contributed by atoms with Crippen LogP contribution >= 0.6 is 19.2 Å². The van der Waals surface area contributed by atoms with E-state index in [9.17, 15) is 9.36 Å². The van der Waals surface area contributed by atoms with Crippen LogP contribution in [0.1, 0.15) is 63.8 Å². The zero-order valence-corrected chi connectivity index (χ0v) is 19.6. The van der Waals surface area contributed by atoms with Gasteiger partial charge in [0.05, 0.1) is 11.5 Å². The molecule has 1 atom stereocenters. The van der Waals surface area contributed by atoms with Gasteiger partial charge in [-0.05, 0) is 70.6 Å². The molecule has 0 bridgehead atoms. The molecule has 0 fully saturated rings. The second-order valence-corrected chi connectivity index (χ2v) is 10.7. The Bertz CT molecular complexity index is 882. The Morgan fingerprint density at radius 1 is 1.13 bits per heavy atom. The van der Waals surface area contributed by atoms with Crippen molar-refractivity contribution in [2.24, 2.45) is 5.73 Å². The standard InChI is InChI=1S/C22H32NO5PS/c1-16-12-17(2)14-18(13-16)6-4-5-7-20(24)21-9-8-19(30-21)10-11-22(3,23)15-28-29(25,26)27/h8-9,12-14H,4-7,10-11,15,23H2,1-3H3,(H2,25,26,27). The van der Waals surface area contributed by atoms with E-state index in [0.29, 0.717) is 19.3 Å². The lowest BCUT2D eigenvalue weighted by atomic mass is 9.98. The van der Waals surface area contributed by atoms with Crippen molar-refractivity contribution in [1.82, 2.24) is 0 Å². The van der Waals surface area contributed by atoms with Crippen LogP contribution in [0, 0.1) is 13.8 Å². The number of aryl methyl sites for hydroxylation is 4. The summed E-state index contributed by atoms with van der Waals surface area (Å²) in [6.07, 6.45) is 4.49. The molecule has 0 amide bonds. The van der Waals surface area contributed by atoms with Gasteiger partial charge in [0, 0.05) is 16.8 Å². The van der Waals surface area contributed by atoms with Gasteiger partial charge in [0.1, 0.15) is 0 Å². The fourth-order valence-corrected chi connectivity index (χ4v) is 4.76. The van der Waals surface area contributed by atoms with Gasteiger partial charge in [-0.2, -0.15) is 0 Å². The molecule has 0 aliphatic heterocycles. The molecular formula is C22H32NO5PS. The van der Waals surface area contributed by atoms with Gasteiger partial charge in [-0.1, -0.05) is 29.3 Å². The van der Waals surface area contributed by atoms with Crippen LogP contribution in [0.15, 0.2) is 30.3 Å². The molecule has 1 heterocycles. The van der Waals surface area contributed by atoms with Crippen molar-refractivity contribution in [3.63, 3.8) is 0 Å². The van der Waals surface area contributed by atoms with E-state index in [1.807, 2.05) is 12.1 Å². The van der Waals surface area contributed by atoms with Crippen LogP contribution in [-0.2, 0) is 21.9 Å². The van der Waals surface area contributed by atoms with Crippen molar-refractivity contribution in [3.05, 3.63) is 56.8 Å². The first-order valence-electron chi connectivity index (χ1n) is 10.1. The van der Waals surface area contributed by atoms with Crippen LogP contribution in [0.25, 0.3) is 0 Å². The minimum atomic E-state index is -4.53. The highest BCUT2D eigenvalue weighted by molar-refractivity contribution is 7.46. The molecule has 2 aromatic rings. The molecular weight excluding hydrogens is 421 g/mol. The van der Waals surface area contributed by atoms with E-state index < -0.39 is 13.4 Å². The third-order valence-corrected chi connectivity index (χ3v) is 6.49. The van der Waals surface area contributed by atoms with E-state index >= 15 is 0 Å². The topological polar surface area (TPSA) is 110 Å². The van der Waals surface area contributed by atoms with Crippen LogP contribution in [0.5, 0.6) is 0 Å². The quantitative estimate of drug-likeness (QED) is 0.244. The molecule has 0 aliphatic carbocycles. The Morgan fingerprint density at radius 3 is 2.43 bits per heavy atom. The third kappa shape index (κ3) is 9.21. The number of ketones is 1. The Hall–Kier alpha value is -1.34. The third-order valence-electron chi connectivity index (χ3n) is 4.84. The maximum atomic E-state index is 12.5. The maximum absolute atomic E-state index is 12.5. The highest BCUT2D eigenvalue weighted by atomic mass is 32.1. The SMILES string of the molecule is Cc1cc(C)cc(CCCCC(=O)c2ccc(CCC(C)(N)COP(=O)(O)O)s2)c1. The summed E-state index contributed by atoms with van der Waals surface area (Å²) in [5.74, 6) is 0.159. The molecule has 0 spiro atoms. The summed E-state index contributed by atoms with van der Waals surface area (Å²) < 4.78 is 15.3. The van der Waals surface area contributed by atoms with Crippen molar-refractivity contribution in [2.45, 2.75) is 64.8 Å². The molecule has 1 aromatic heterocycles. The number of carbonyl (C=O) groups is 1. The summed E-state index contributed by atoms with van der Waals surface area (Å²) in [5.41, 5.74) is 9.07. The highest BCUT2D eigenvalue weighted by Gasteiger charge is 2.24. The lowest BCUT2D eigenvalue weighted by molar-refractivity contribution is 0.0983.